The first-order valence-electron chi connectivity index (χ1n) is 5.56. The third-order valence-corrected chi connectivity index (χ3v) is 2.93. The van der Waals surface area contributed by atoms with Gasteiger partial charge < -0.3 is 5.73 Å². The second kappa shape index (κ2) is 4.50. The van der Waals surface area contributed by atoms with E-state index in [1.807, 2.05) is 18.2 Å². The Kier molecular flexibility index (Phi) is 3.07. The molecule has 82 valence electrons. The van der Waals surface area contributed by atoms with Crippen molar-refractivity contribution < 1.29 is 0 Å². The van der Waals surface area contributed by atoms with Crippen molar-refractivity contribution in [1.82, 2.24) is 0 Å². The van der Waals surface area contributed by atoms with Gasteiger partial charge >= 0.3 is 0 Å². The fraction of sp³-hybridized carbons (Fsp3) is 0.200. The molecule has 1 nitrogen and oxygen atoms in total. The number of aryl methyl sites for hydroxylation is 2. The lowest BCUT2D eigenvalue weighted by atomic mass is 9.94. The molecule has 2 aromatic carbocycles. The topological polar surface area (TPSA) is 26.0 Å². The van der Waals surface area contributed by atoms with Gasteiger partial charge in [0.05, 0.1) is 6.04 Å². The average Bonchev–Trinajstić information content (AvgIpc) is 2.32. The highest BCUT2D eigenvalue weighted by Crippen LogP contribution is 2.23. The Hall–Kier alpha value is -1.60. The van der Waals surface area contributed by atoms with Crippen LogP contribution in [-0.4, -0.2) is 0 Å². The lowest BCUT2D eigenvalue weighted by molar-refractivity contribution is 0.860. The van der Waals surface area contributed by atoms with Crippen molar-refractivity contribution >= 4 is 0 Å². The van der Waals surface area contributed by atoms with Crippen LogP contribution >= 0.6 is 0 Å². The first kappa shape index (κ1) is 10.9. The molecule has 1 heteroatoms. The van der Waals surface area contributed by atoms with Crippen LogP contribution in [0.3, 0.4) is 0 Å². The molecule has 1 atom stereocenters. The highest BCUT2D eigenvalue weighted by Gasteiger charge is 2.10. The zero-order valence-electron chi connectivity index (χ0n) is 9.77. The van der Waals surface area contributed by atoms with Gasteiger partial charge in [-0.1, -0.05) is 54.1 Å². The van der Waals surface area contributed by atoms with Crippen LogP contribution in [-0.2, 0) is 0 Å². The van der Waals surface area contributed by atoms with Crippen molar-refractivity contribution in [1.29, 1.82) is 0 Å². The number of benzene rings is 2. The Morgan fingerprint density at radius 2 is 1.62 bits per heavy atom. The van der Waals surface area contributed by atoms with Gasteiger partial charge in [0.2, 0.25) is 0 Å². The van der Waals surface area contributed by atoms with E-state index in [9.17, 15) is 0 Å². The Bertz CT molecular complexity index is 474. The van der Waals surface area contributed by atoms with Gasteiger partial charge in [0.25, 0.3) is 0 Å². The Balaban J connectivity index is 2.41. The number of hydrogen-bond donors (Lipinski definition) is 1. The second-order valence-electron chi connectivity index (χ2n) is 4.25. The quantitative estimate of drug-likeness (QED) is 0.810. The van der Waals surface area contributed by atoms with Crippen LogP contribution in [0.2, 0.25) is 0 Å². The first-order chi connectivity index (χ1) is 7.68. The molecule has 0 spiro atoms. The molecule has 2 N–H and O–H groups in total. The summed E-state index contributed by atoms with van der Waals surface area (Å²) in [5, 5.41) is 0. The van der Waals surface area contributed by atoms with Gasteiger partial charge in [-0.3, -0.25) is 0 Å². The van der Waals surface area contributed by atoms with E-state index in [1.165, 1.54) is 16.7 Å². The summed E-state index contributed by atoms with van der Waals surface area (Å²) >= 11 is 0. The van der Waals surface area contributed by atoms with Crippen molar-refractivity contribution in [2.24, 2.45) is 5.73 Å². The molecule has 0 aliphatic carbocycles. The summed E-state index contributed by atoms with van der Waals surface area (Å²) in [7, 11) is 0. The van der Waals surface area contributed by atoms with E-state index in [4.69, 9.17) is 5.73 Å². The van der Waals surface area contributed by atoms with E-state index in [1.54, 1.807) is 0 Å². The summed E-state index contributed by atoms with van der Waals surface area (Å²) in [6.07, 6.45) is 0. The molecule has 0 unspecified atom stereocenters. The third kappa shape index (κ3) is 2.15. The lowest BCUT2D eigenvalue weighted by Crippen LogP contribution is -2.13. The summed E-state index contributed by atoms with van der Waals surface area (Å²) in [6, 6.07) is 16.6. The Labute approximate surface area is 96.9 Å². The van der Waals surface area contributed by atoms with Crippen molar-refractivity contribution in [2.45, 2.75) is 19.9 Å². The molecular weight excluding hydrogens is 194 g/mol. The molecule has 0 radical (unpaired) electrons. The van der Waals surface area contributed by atoms with E-state index in [-0.39, 0.29) is 6.04 Å². The molecular formula is C15H17N. The summed E-state index contributed by atoms with van der Waals surface area (Å²) in [4.78, 5) is 0. The molecule has 0 fully saturated rings. The predicted octanol–water partition coefficient (Wildman–Crippen LogP) is 3.35. The largest absolute Gasteiger partial charge is 0.320 e. The summed E-state index contributed by atoms with van der Waals surface area (Å²) < 4.78 is 0. The monoisotopic (exact) mass is 211 g/mol. The predicted molar refractivity (Wildman–Crippen MR) is 68.4 cm³/mol. The summed E-state index contributed by atoms with van der Waals surface area (Å²) in [5.74, 6) is 0. The van der Waals surface area contributed by atoms with Crippen LogP contribution < -0.4 is 5.73 Å². The van der Waals surface area contributed by atoms with E-state index in [2.05, 4.69) is 44.2 Å². The molecule has 0 bridgehead atoms. The van der Waals surface area contributed by atoms with Crippen LogP contribution in [0.1, 0.15) is 28.3 Å². The van der Waals surface area contributed by atoms with E-state index in [0.29, 0.717) is 0 Å². The smallest absolute Gasteiger partial charge is 0.0554 e. The number of nitrogens with two attached hydrogens (primary N) is 1. The Morgan fingerprint density at radius 1 is 0.938 bits per heavy atom. The van der Waals surface area contributed by atoms with Crippen LogP contribution in [0.4, 0.5) is 0 Å². The molecule has 0 heterocycles. The average molecular weight is 211 g/mol. The van der Waals surface area contributed by atoms with Gasteiger partial charge in [-0.2, -0.15) is 0 Å². The van der Waals surface area contributed by atoms with Crippen molar-refractivity contribution in [2.75, 3.05) is 0 Å². The van der Waals surface area contributed by atoms with E-state index >= 15 is 0 Å². The minimum Gasteiger partial charge on any atom is -0.320 e. The molecule has 2 aromatic rings. The van der Waals surface area contributed by atoms with Gasteiger partial charge in [-0.25, -0.2) is 0 Å². The SMILES string of the molecule is Cc1ccc(C)c([C@H](N)c2ccccc2)c1. The minimum atomic E-state index is -0.0268. The minimum absolute atomic E-state index is 0.0268. The van der Waals surface area contributed by atoms with Crippen molar-refractivity contribution in [3.8, 4) is 0 Å². The number of hydrogen-bond acceptors (Lipinski definition) is 1. The highest BCUT2D eigenvalue weighted by molar-refractivity contribution is 5.38. The summed E-state index contributed by atoms with van der Waals surface area (Å²) in [6.45, 7) is 4.21. The third-order valence-electron chi connectivity index (χ3n) is 2.93. The van der Waals surface area contributed by atoms with Gasteiger partial charge in [0.1, 0.15) is 0 Å². The van der Waals surface area contributed by atoms with Gasteiger partial charge in [0.15, 0.2) is 0 Å². The maximum Gasteiger partial charge on any atom is 0.0554 e. The zero-order chi connectivity index (χ0) is 11.5. The van der Waals surface area contributed by atoms with Crippen molar-refractivity contribution in [3.63, 3.8) is 0 Å². The van der Waals surface area contributed by atoms with Crippen LogP contribution in [0, 0.1) is 13.8 Å². The standard InChI is InChI=1S/C15H17N/c1-11-8-9-12(2)14(10-11)15(16)13-6-4-3-5-7-13/h3-10,15H,16H2,1-2H3/t15-/m1/s1. The molecule has 0 aliphatic rings. The van der Waals surface area contributed by atoms with Gasteiger partial charge in [0, 0.05) is 0 Å². The molecule has 0 aromatic heterocycles. The Morgan fingerprint density at radius 3 is 2.31 bits per heavy atom. The molecule has 0 saturated carbocycles. The van der Waals surface area contributed by atoms with Crippen LogP contribution in [0.5, 0.6) is 0 Å². The van der Waals surface area contributed by atoms with Gasteiger partial charge in [-0.05, 0) is 30.5 Å². The summed E-state index contributed by atoms with van der Waals surface area (Å²) in [5.41, 5.74) is 11.2. The second-order valence-corrected chi connectivity index (χ2v) is 4.25. The molecule has 16 heavy (non-hydrogen) atoms. The van der Waals surface area contributed by atoms with Crippen LogP contribution in [0.25, 0.3) is 0 Å². The fourth-order valence-corrected chi connectivity index (χ4v) is 1.93. The zero-order valence-corrected chi connectivity index (χ0v) is 9.77. The fourth-order valence-electron chi connectivity index (χ4n) is 1.93. The maximum atomic E-state index is 6.29. The molecule has 2 rings (SSSR count). The highest BCUT2D eigenvalue weighted by atomic mass is 14.6. The number of rotatable bonds is 2. The molecule has 0 amide bonds. The molecule has 0 aliphatic heterocycles. The lowest BCUT2D eigenvalue weighted by Gasteiger charge is -2.15. The molecule has 0 saturated heterocycles. The van der Waals surface area contributed by atoms with Crippen LogP contribution in [0.15, 0.2) is 48.5 Å². The van der Waals surface area contributed by atoms with Crippen molar-refractivity contribution in [3.05, 3.63) is 70.8 Å². The first-order valence-corrected chi connectivity index (χ1v) is 5.56. The maximum absolute atomic E-state index is 6.29. The van der Waals surface area contributed by atoms with Gasteiger partial charge in [-0.15, -0.1) is 0 Å². The van der Waals surface area contributed by atoms with E-state index < -0.39 is 0 Å². The van der Waals surface area contributed by atoms with E-state index in [0.717, 1.165) is 5.56 Å². The normalized spacial score (nSPS) is 12.4.